The minimum atomic E-state index is -0.0996. The number of carbonyl (C=O) groups is 1. The van der Waals surface area contributed by atoms with Gasteiger partial charge in [-0.25, -0.2) is 9.97 Å². The molecule has 6 heteroatoms. The van der Waals surface area contributed by atoms with Gasteiger partial charge < -0.3 is 14.7 Å². The standard InChI is InChI=1S/C20H33N5O/c1-14-21-17-8-10-23(5)9-7-16(17)19(22-14)24(6)12-15-11-18(26)25(13-15)20(2,3)4/h15H,7-13H2,1-6H3/t15-/m1/s1. The predicted octanol–water partition coefficient (Wildman–Crippen LogP) is 1.90. The molecule has 144 valence electrons. The Balaban J connectivity index is 1.78. The van der Waals surface area contributed by atoms with Gasteiger partial charge in [0.2, 0.25) is 5.91 Å². The van der Waals surface area contributed by atoms with E-state index in [9.17, 15) is 4.79 Å². The molecule has 1 atom stereocenters. The number of amides is 1. The van der Waals surface area contributed by atoms with Crippen molar-refractivity contribution >= 4 is 11.7 Å². The zero-order valence-electron chi connectivity index (χ0n) is 17.2. The van der Waals surface area contributed by atoms with Crippen molar-refractivity contribution in [2.75, 3.05) is 45.2 Å². The first-order chi connectivity index (χ1) is 12.1. The summed E-state index contributed by atoms with van der Waals surface area (Å²) in [4.78, 5) is 28.5. The fraction of sp³-hybridized carbons (Fsp3) is 0.750. The fourth-order valence-electron chi connectivity index (χ4n) is 4.15. The van der Waals surface area contributed by atoms with Crippen LogP contribution < -0.4 is 4.90 Å². The third-order valence-corrected chi connectivity index (χ3v) is 5.57. The molecule has 0 spiro atoms. The van der Waals surface area contributed by atoms with Crippen LogP contribution >= 0.6 is 0 Å². The van der Waals surface area contributed by atoms with Crippen molar-refractivity contribution in [1.29, 1.82) is 0 Å². The maximum absolute atomic E-state index is 12.4. The average molecular weight is 360 g/mol. The second kappa shape index (κ2) is 7.14. The summed E-state index contributed by atoms with van der Waals surface area (Å²) in [6.45, 7) is 12.1. The van der Waals surface area contributed by atoms with E-state index in [0.717, 1.165) is 50.7 Å². The minimum absolute atomic E-state index is 0.0996. The first-order valence-corrected chi connectivity index (χ1v) is 9.71. The Kier molecular flexibility index (Phi) is 5.24. The molecule has 1 aromatic rings. The molecule has 26 heavy (non-hydrogen) atoms. The Labute approximate surface area is 157 Å². The zero-order chi connectivity index (χ0) is 19.1. The number of likely N-dealkylation sites (tertiary alicyclic amines) is 1. The van der Waals surface area contributed by atoms with Gasteiger partial charge in [0, 0.05) is 63.1 Å². The number of likely N-dealkylation sites (N-methyl/N-ethyl adjacent to an activating group) is 1. The number of nitrogens with zero attached hydrogens (tertiary/aromatic N) is 5. The van der Waals surface area contributed by atoms with E-state index >= 15 is 0 Å². The van der Waals surface area contributed by atoms with Crippen LogP contribution in [0, 0.1) is 12.8 Å². The van der Waals surface area contributed by atoms with Crippen molar-refractivity contribution in [3.05, 3.63) is 17.1 Å². The summed E-state index contributed by atoms with van der Waals surface area (Å²) in [5.41, 5.74) is 2.39. The molecule has 2 aliphatic heterocycles. The third kappa shape index (κ3) is 4.00. The molecule has 1 fully saturated rings. The van der Waals surface area contributed by atoms with Crippen LogP contribution in [0.2, 0.25) is 0 Å². The number of anilines is 1. The Morgan fingerprint density at radius 1 is 1.19 bits per heavy atom. The largest absolute Gasteiger partial charge is 0.359 e. The Morgan fingerprint density at radius 2 is 1.88 bits per heavy atom. The van der Waals surface area contributed by atoms with Crippen LogP contribution in [0.5, 0.6) is 0 Å². The van der Waals surface area contributed by atoms with Gasteiger partial charge in [0.05, 0.1) is 5.69 Å². The van der Waals surface area contributed by atoms with Crippen molar-refractivity contribution in [3.8, 4) is 0 Å². The highest BCUT2D eigenvalue weighted by molar-refractivity contribution is 5.79. The molecule has 0 saturated carbocycles. The van der Waals surface area contributed by atoms with Gasteiger partial charge >= 0.3 is 0 Å². The molecule has 0 radical (unpaired) electrons. The Hall–Kier alpha value is -1.69. The van der Waals surface area contributed by atoms with Gasteiger partial charge in [-0.15, -0.1) is 0 Å². The molecule has 2 aliphatic rings. The molecule has 1 amide bonds. The highest BCUT2D eigenvalue weighted by Gasteiger charge is 2.36. The molecule has 1 saturated heterocycles. The van der Waals surface area contributed by atoms with Gasteiger partial charge in [0.25, 0.3) is 0 Å². The van der Waals surface area contributed by atoms with Gasteiger partial charge in [0.15, 0.2) is 0 Å². The van der Waals surface area contributed by atoms with Crippen LogP contribution in [0.1, 0.15) is 44.3 Å². The maximum Gasteiger partial charge on any atom is 0.223 e. The second-order valence-corrected chi connectivity index (χ2v) is 8.95. The van der Waals surface area contributed by atoms with E-state index in [1.165, 1.54) is 11.3 Å². The zero-order valence-corrected chi connectivity index (χ0v) is 17.2. The molecule has 6 nitrogen and oxygen atoms in total. The van der Waals surface area contributed by atoms with E-state index in [0.29, 0.717) is 12.3 Å². The van der Waals surface area contributed by atoms with Crippen molar-refractivity contribution < 1.29 is 4.79 Å². The normalized spacial score (nSPS) is 21.7. The molecule has 3 rings (SSSR count). The number of aromatic nitrogens is 2. The Morgan fingerprint density at radius 3 is 2.54 bits per heavy atom. The summed E-state index contributed by atoms with van der Waals surface area (Å²) in [6.07, 6.45) is 2.61. The van der Waals surface area contributed by atoms with Crippen molar-refractivity contribution in [2.45, 2.75) is 52.5 Å². The molecular formula is C20H33N5O. The molecule has 0 unspecified atom stereocenters. The van der Waals surface area contributed by atoms with E-state index in [2.05, 4.69) is 44.7 Å². The molecule has 3 heterocycles. The lowest BCUT2D eigenvalue weighted by Gasteiger charge is -2.32. The van der Waals surface area contributed by atoms with Crippen LogP contribution in [0.4, 0.5) is 5.82 Å². The van der Waals surface area contributed by atoms with Gasteiger partial charge in [-0.3, -0.25) is 4.79 Å². The van der Waals surface area contributed by atoms with E-state index < -0.39 is 0 Å². The monoisotopic (exact) mass is 359 g/mol. The number of hydrogen-bond acceptors (Lipinski definition) is 5. The van der Waals surface area contributed by atoms with Crippen LogP contribution in [-0.2, 0) is 17.6 Å². The van der Waals surface area contributed by atoms with E-state index in [1.807, 2.05) is 11.8 Å². The van der Waals surface area contributed by atoms with E-state index in [4.69, 9.17) is 9.97 Å². The summed E-state index contributed by atoms with van der Waals surface area (Å²) in [7, 11) is 4.28. The first-order valence-electron chi connectivity index (χ1n) is 9.71. The molecular weight excluding hydrogens is 326 g/mol. The molecule has 0 N–H and O–H groups in total. The quantitative estimate of drug-likeness (QED) is 0.825. The number of carbonyl (C=O) groups excluding carboxylic acids is 1. The lowest BCUT2D eigenvalue weighted by Crippen LogP contribution is -2.42. The number of hydrogen-bond donors (Lipinski definition) is 0. The Bertz CT molecular complexity index is 682. The average Bonchev–Trinajstić information content (AvgIpc) is 2.81. The SMILES string of the molecule is Cc1nc2c(c(N(C)C[C@H]3CC(=O)N(C(C)(C)C)C3)n1)CCN(C)CC2. The van der Waals surface area contributed by atoms with Crippen molar-refractivity contribution in [2.24, 2.45) is 5.92 Å². The fourth-order valence-corrected chi connectivity index (χ4v) is 4.15. The highest BCUT2D eigenvalue weighted by Crippen LogP contribution is 2.29. The molecule has 0 bridgehead atoms. The van der Waals surface area contributed by atoms with Crippen LogP contribution in [0.3, 0.4) is 0 Å². The van der Waals surface area contributed by atoms with Crippen molar-refractivity contribution in [1.82, 2.24) is 19.8 Å². The molecule has 0 aromatic carbocycles. The summed E-state index contributed by atoms with van der Waals surface area (Å²) >= 11 is 0. The van der Waals surface area contributed by atoms with Crippen LogP contribution in [0.15, 0.2) is 0 Å². The van der Waals surface area contributed by atoms with Gasteiger partial charge in [-0.1, -0.05) is 0 Å². The minimum Gasteiger partial charge on any atom is -0.359 e. The summed E-state index contributed by atoms with van der Waals surface area (Å²) in [5, 5.41) is 0. The van der Waals surface area contributed by atoms with Crippen LogP contribution in [0.25, 0.3) is 0 Å². The van der Waals surface area contributed by atoms with Gasteiger partial charge in [-0.05, 0) is 41.2 Å². The number of aryl methyl sites for hydroxylation is 1. The topological polar surface area (TPSA) is 52.6 Å². The number of fused-ring (bicyclic) bond motifs is 1. The number of rotatable bonds is 3. The predicted molar refractivity (Wildman–Crippen MR) is 105 cm³/mol. The maximum atomic E-state index is 12.4. The third-order valence-electron chi connectivity index (χ3n) is 5.57. The molecule has 1 aromatic heterocycles. The van der Waals surface area contributed by atoms with Crippen LogP contribution in [-0.4, -0.2) is 71.5 Å². The van der Waals surface area contributed by atoms with E-state index in [-0.39, 0.29) is 11.4 Å². The molecule has 0 aliphatic carbocycles. The van der Waals surface area contributed by atoms with Crippen molar-refractivity contribution in [3.63, 3.8) is 0 Å². The lowest BCUT2D eigenvalue weighted by molar-refractivity contribution is -0.131. The second-order valence-electron chi connectivity index (χ2n) is 8.95. The summed E-state index contributed by atoms with van der Waals surface area (Å²) < 4.78 is 0. The van der Waals surface area contributed by atoms with E-state index in [1.54, 1.807) is 0 Å². The first kappa shape index (κ1) is 19.1. The lowest BCUT2D eigenvalue weighted by atomic mass is 10.1. The highest BCUT2D eigenvalue weighted by atomic mass is 16.2. The van der Waals surface area contributed by atoms with Gasteiger partial charge in [-0.2, -0.15) is 0 Å². The summed E-state index contributed by atoms with van der Waals surface area (Å²) in [6, 6.07) is 0. The van der Waals surface area contributed by atoms with Gasteiger partial charge in [0.1, 0.15) is 11.6 Å². The summed E-state index contributed by atoms with van der Waals surface area (Å²) in [5.74, 6) is 2.53. The smallest absolute Gasteiger partial charge is 0.223 e.